The van der Waals surface area contributed by atoms with Crippen LogP contribution in [0.4, 0.5) is 11.4 Å². The van der Waals surface area contributed by atoms with Crippen LogP contribution < -0.4 is 9.80 Å². The lowest BCUT2D eigenvalue weighted by atomic mass is 10.1. The van der Waals surface area contributed by atoms with Crippen molar-refractivity contribution in [2.75, 3.05) is 9.80 Å². The summed E-state index contributed by atoms with van der Waals surface area (Å²) in [5.41, 5.74) is 4.63. The fourth-order valence-corrected chi connectivity index (χ4v) is 4.19. The van der Waals surface area contributed by atoms with Gasteiger partial charge in [0.1, 0.15) is 0 Å². The maximum atomic E-state index is 11.9. The number of nitrogens with zero attached hydrogens (tertiary/aromatic N) is 4. The third kappa shape index (κ3) is 5.54. The molecule has 4 amide bonds. The van der Waals surface area contributed by atoms with Crippen LogP contribution in [0.15, 0.2) is 84.9 Å². The van der Waals surface area contributed by atoms with Gasteiger partial charge in [0, 0.05) is 44.4 Å². The number of hydrogen-bond acceptors (Lipinski definition) is 6. The summed E-state index contributed by atoms with van der Waals surface area (Å²) in [7, 11) is 0. The van der Waals surface area contributed by atoms with Gasteiger partial charge in [-0.05, 0) is 30.3 Å². The van der Waals surface area contributed by atoms with Crippen LogP contribution in [0, 0.1) is 0 Å². The van der Waals surface area contributed by atoms with Gasteiger partial charge >= 0.3 is 0 Å². The molecule has 3 aromatic carbocycles. The van der Waals surface area contributed by atoms with E-state index in [-0.39, 0.29) is 23.6 Å². The monoisotopic (exact) mass is 506 g/mol. The Labute approximate surface area is 220 Å². The van der Waals surface area contributed by atoms with Gasteiger partial charge in [-0.2, -0.15) is 0 Å². The molecule has 4 aromatic rings. The summed E-state index contributed by atoms with van der Waals surface area (Å²) in [5, 5.41) is 0. The Balaban J connectivity index is 1.79. The van der Waals surface area contributed by atoms with Gasteiger partial charge in [0.2, 0.25) is 23.6 Å². The van der Waals surface area contributed by atoms with Crippen LogP contribution in [-0.4, -0.2) is 33.6 Å². The highest BCUT2D eigenvalue weighted by Crippen LogP contribution is 2.30. The van der Waals surface area contributed by atoms with E-state index >= 15 is 0 Å². The van der Waals surface area contributed by atoms with E-state index in [1.54, 1.807) is 48.5 Å². The Kier molecular flexibility index (Phi) is 7.53. The summed E-state index contributed by atoms with van der Waals surface area (Å²) < 4.78 is 0. The molecule has 0 aliphatic carbocycles. The van der Waals surface area contributed by atoms with Crippen LogP contribution in [0.2, 0.25) is 0 Å². The maximum absolute atomic E-state index is 11.9. The fraction of sp³-hybridized carbons (Fsp3) is 0.133. The number of carbonyl (C=O) groups excluding carboxylic acids is 4. The lowest BCUT2D eigenvalue weighted by Gasteiger charge is -2.18. The van der Waals surface area contributed by atoms with Gasteiger partial charge in [-0.15, -0.1) is 0 Å². The fourth-order valence-electron chi connectivity index (χ4n) is 4.19. The lowest BCUT2D eigenvalue weighted by molar-refractivity contribution is -0.125. The molecule has 0 aliphatic rings. The van der Waals surface area contributed by atoms with E-state index in [1.165, 1.54) is 27.7 Å². The Hall–Kier alpha value is -4.98. The quantitative estimate of drug-likeness (QED) is 0.365. The Bertz CT molecular complexity index is 1390. The molecular weight excluding hydrogens is 480 g/mol. The van der Waals surface area contributed by atoms with Gasteiger partial charge in [0.05, 0.1) is 22.8 Å². The maximum Gasteiger partial charge on any atom is 0.230 e. The smallest absolute Gasteiger partial charge is 0.230 e. The number of amides is 4. The molecule has 0 aliphatic heterocycles. The summed E-state index contributed by atoms with van der Waals surface area (Å²) >= 11 is 0. The number of benzene rings is 3. The van der Waals surface area contributed by atoms with Gasteiger partial charge in [-0.3, -0.25) is 29.0 Å². The Morgan fingerprint density at radius 1 is 0.500 bits per heavy atom. The first-order valence-corrected chi connectivity index (χ1v) is 11.9. The molecule has 0 unspecified atom stereocenters. The van der Waals surface area contributed by atoms with E-state index < -0.39 is 0 Å². The standard InChI is InChI=1S/C30H26N4O4/c1-19(35)33(20(2)36)26-14-10-23(11-15-26)28-18-29(32-30(31-28)25-8-6-5-7-9-25)24-12-16-27(17-13-24)34(21(3)37)22(4)38/h5-18H,1-4H3. The van der Waals surface area contributed by atoms with Crippen molar-refractivity contribution in [3.63, 3.8) is 0 Å². The molecule has 0 fully saturated rings. The number of carbonyl (C=O) groups is 4. The van der Waals surface area contributed by atoms with E-state index in [4.69, 9.17) is 9.97 Å². The molecule has 0 radical (unpaired) electrons. The van der Waals surface area contributed by atoms with E-state index in [1.807, 2.05) is 36.4 Å². The van der Waals surface area contributed by atoms with Crippen molar-refractivity contribution in [2.24, 2.45) is 0 Å². The molecule has 0 saturated heterocycles. The highest BCUT2D eigenvalue weighted by molar-refractivity contribution is 6.13. The second kappa shape index (κ2) is 11.0. The molecule has 4 rings (SSSR count). The van der Waals surface area contributed by atoms with Crippen molar-refractivity contribution in [1.29, 1.82) is 0 Å². The van der Waals surface area contributed by atoms with Gasteiger partial charge in [-0.25, -0.2) is 9.97 Å². The first-order chi connectivity index (χ1) is 18.2. The third-order valence-corrected chi connectivity index (χ3v) is 5.86. The number of hydrogen-bond donors (Lipinski definition) is 0. The van der Waals surface area contributed by atoms with Crippen molar-refractivity contribution >= 4 is 35.0 Å². The van der Waals surface area contributed by atoms with Crippen molar-refractivity contribution in [1.82, 2.24) is 9.97 Å². The van der Waals surface area contributed by atoms with Crippen molar-refractivity contribution in [3.8, 4) is 33.9 Å². The number of rotatable bonds is 5. The summed E-state index contributed by atoms with van der Waals surface area (Å²) in [4.78, 5) is 59.5. The molecule has 0 bridgehead atoms. The highest BCUT2D eigenvalue weighted by atomic mass is 16.2. The minimum Gasteiger partial charge on any atom is -0.274 e. The van der Waals surface area contributed by atoms with Crippen LogP contribution in [0.25, 0.3) is 33.9 Å². The zero-order valence-corrected chi connectivity index (χ0v) is 21.5. The summed E-state index contributed by atoms with van der Waals surface area (Å²) in [6, 6.07) is 25.4. The van der Waals surface area contributed by atoms with E-state index in [9.17, 15) is 19.2 Å². The predicted octanol–water partition coefficient (Wildman–Crippen LogP) is 5.28. The lowest BCUT2D eigenvalue weighted by Crippen LogP contribution is -2.32. The van der Waals surface area contributed by atoms with Gasteiger partial charge in [-0.1, -0.05) is 54.6 Å². The molecule has 0 atom stereocenters. The first-order valence-electron chi connectivity index (χ1n) is 11.9. The molecule has 190 valence electrons. The summed E-state index contributed by atoms with van der Waals surface area (Å²) in [5.74, 6) is -0.931. The van der Waals surface area contributed by atoms with E-state index in [0.717, 1.165) is 26.5 Å². The SMILES string of the molecule is CC(=O)N(C(C)=O)c1ccc(-c2cc(-c3ccc(N(C(C)=O)C(C)=O)cc3)nc(-c3ccccc3)n2)cc1. The first kappa shape index (κ1) is 26.1. The van der Waals surface area contributed by atoms with Gasteiger partial charge in [0.15, 0.2) is 5.82 Å². The average molecular weight is 507 g/mol. The molecular formula is C30H26N4O4. The average Bonchev–Trinajstić information content (AvgIpc) is 2.89. The number of aromatic nitrogens is 2. The van der Waals surface area contributed by atoms with Crippen LogP contribution in [-0.2, 0) is 19.2 Å². The molecule has 1 heterocycles. The van der Waals surface area contributed by atoms with Crippen molar-refractivity contribution < 1.29 is 19.2 Å². The van der Waals surface area contributed by atoms with Crippen LogP contribution >= 0.6 is 0 Å². The van der Waals surface area contributed by atoms with Gasteiger partial charge in [0.25, 0.3) is 0 Å². The summed E-state index contributed by atoms with van der Waals surface area (Å²) in [6.45, 7) is 5.37. The molecule has 8 nitrogen and oxygen atoms in total. The zero-order valence-electron chi connectivity index (χ0n) is 21.5. The van der Waals surface area contributed by atoms with Crippen molar-refractivity contribution in [2.45, 2.75) is 27.7 Å². The van der Waals surface area contributed by atoms with Crippen LogP contribution in [0.1, 0.15) is 27.7 Å². The molecule has 38 heavy (non-hydrogen) atoms. The minimum absolute atomic E-state index is 0.363. The third-order valence-electron chi connectivity index (χ3n) is 5.86. The van der Waals surface area contributed by atoms with Crippen LogP contribution in [0.3, 0.4) is 0 Å². The largest absolute Gasteiger partial charge is 0.274 e. The second-order valence-corrected chi connectivity index (χ2v) is 8.67. The minimum atomic E-state index is -0.363. The van der Waals surface area contributed by atoms with Crippen LogP contribution in [0.5, 0.6) is 0 Å². The molecule has 0 N–H and O–H groups in total. The van der Waals surface area contributed by atoms with E-state index in [0.29, 0.717) is 28.6 Å². The number of imide groups is 2. The molecule has 0 saturated carbocycles. The normalized spacial score (nSPS) is 10.5. The topological polar surface area (TPSA) is 101 Å². The number of anilines is 2. The highest BCUT2D eigenvalue weighted by Gasteiger charge is 2.18. The Morgan fingerprint density at radius 2 is 0.868 bits per heavy atom. The zero-order chi connectivity index (χ0) is 27.4. The molecule has 8 heteroatoms. The second-order valence-electron chi connectivity index (χ2n) is 8.67. The summed E-state index contributed by atoms with van der Waals surface area (Å²) in [6.07, 6.45) is 0. The van der Waals surface area contributed by atoms with E-state index in [2.05, 4.69) is 0 Å². The molecule has 1 aromatic heterocycles. The predicted molar refractivity (Wildman–Crippen MR) is 146 cm³/mol. The molecule has 0 spiro atoms. The van der Waals surface area contributed by atoms with Gasteiger partial charge < -0.3 is 0 Å². The van der Waals surface area contributed by atoms with Crippen molar-refractivity contribution in [3.05, 3.63) is 84.9 Å². The Morgan fingerprint density at radius 3 is 1.21 bits per heavy atom.